The first kappa shape index (κ1) is 21.1. The van der Waals surface area contributed by atoms with Gasteiger partial charge in [0.05, 0.1) is 21.3 Å². The van der Waals surface area contributed by atoms with Gasteiger partial charge < -0.3 is 0 Å². The van der Waals surface area contributed by atoms with Crippen LogP contribution in [0.5, 0.6) is 0 Å². The number of aromatic nitrogens is 6. The minimum Gasteiger partial charge on any atom is -0.278 e. The number of nitrogens with zero attached hydrogens (tertiary/aromatic N) is 6. The number of fused-ring (bicyclic) bond motifs is 6. The number of hydrogen-bond donors (Lipinski definition) is 0. The largest absolute Gasteiger partial charge is 0.278 e. The van der Waals surface area contributed by atoms with Crippen molar-refractivity contribution >= 4 is 53.4 Å². The third-order valence-corrected chi connectivity index (χ3v) is 7.89. The second-order valence-corrected chi connectivity index (χ2v) is 10.2. The minimum absolute atomic E-state index is 0.587. The number of benzene rings is 4. The normalized spacial score (nSPS) is 11.7. The summed E-state index contributed by atoms with van der Waals surface area (Å²) in [6.45, 7) is 0. The van der Waals surface area contributed by atoms with Crippen LogP contribution in [0.2, 0.25) is 0 Å². The molecule has 0 fully saturated rings. The van der Waals surface area contributed by atoms with Crippen LogP contribution in [-0.4, -0.2) is 29.5 Å². The highest BCUT2D eigenvalue weighted by molar-refractivity contribution is 7.25. The van der Waals surface area contributed by atoms with E-state index in [0.29, 0.717) is 17.6 Å². The van der Waals surface area contributed by atoms with Gasteiger partial charge in [-0.15, -0.1) is 11.3 Å². The van der Waals surface area contributed by atoms with Crippen LogP contribution in [0, 0.1) is 0 Å². The van der Waals surface area contributed by atoms with Crippen LogP contribution < -0.4 is 0 Å². The van der Waals surface area contributed by atoms with Crippen molar-refractivity contribution in [3.63, 3.8) is 0 Å². The zero-order chi connectivity index (χ0) is 25.1. The Morgan fingerprint density at radius 3 is 2.00 bits per heavy atom. The third kappa shape index (κ3) is 3.22. The number of para-hydroxylation sites is 1. The molecule has 0 radical (unpaired) electrons. The lowest BCUT2D eigenvalue weighted by atomic mass is 10.1. The van der Waals surface area contributed by atoms with E-state index in [0.717, 1.165) is 53.2 Å². The van der Waals surface area contributed by atoms with Gasteiger partial charge in [-0.2, -0.15) is 9.97 Å². The maximum Gasteiger partial charge on any atom is 0.238 e. The first-order valence-corrected chi connectivity index (χ1v) is 13.1. The topological polar surface area (TPSA) is 69.4 Å². The monoisotopic (exact) mass is 506 g/mol. The molecule has 8 aromatic rings. The maximum atomic E-state index is 5.02. The lowest BCUT2D eigenvalue weighted by Gasteiger charge is -2.10. The van der Waals surface area contributed by atoms with Crippen molar-refractivity contribution in [3.05, 3.63) is 110 Å². The molecule has 0 saturated carbocycles. The summed E-state index contributed by atoms with van der Waals surface area (Å²) in [6.07, 6.45) is 3.50. The van der Waals surface area contributed by atoms with Gasteiger partial charge in [0.2, 0.25) is 5.95 Å². The average molecular weight is 507 g/mol. The zero-order valence-electron chi connectivity index (χ0n) is 20.0. The van der Waals surface area contributed by atoms with E-state index in [2.05, 4.69) is 50.9 Å². The molecule has 0 atom stereocenters. The van der Waals surface area contributed by atoms with Crippen LogP contribution in [0.3, 0.4) is 0 Å². The highest BCUT2D eigenvalue weighted by Crippen LogP contribution is 2.39. The van der Waals surface area contributed by atoms with Crippen LogP contribution >= 0.6 is 11.3 Å². The number of thiophene rings is 1. The molecule has 8 rings (SSSR count). The first-order chi connectivity index (χ1) is 18.8. The van der Waals surface area contributed by atoms with Gasteiger partial charge in [-0.25, -0.2) is 15.0 Å². The Morgan fingerprint density at radius 2 is 1.26 bits per heavy atom. The molecule has 0 aliphatic rings. The Hall–Kier alpha value is -5.01. The van der Waals surface area contributed by atoms with Gasteiger partial charge in [-0.3, -0.25) is 4.57 Å². The van der Waals surface area contributed by atoms with Gasteiger partial charge in [0.15, 0.2) is 11.6 Å². The van der Waals surface area contributed by atoms with E-state index in [1.54, 1.807) is 17.7 Å². The van der Waals surface area contributed by atoms with E-state index < -0.39 is 0 Å². The SMILES string of the molecule is c1ccc(-c2nc(-c3ccccc3)nc(-n3c4ccccc4c4cc5c(cc43)sc3cncnc35)n2)cc1. The lowest BCUT2D eigenvalue weighted by molar-refractivity contribution is 0.954. The number of hydrogen-bond acceptors (Lipinski definition) is 6. The molecular formula is C31H18N6S. The molecule has 7 heteroatoms. The van der Waals surface area contributed by atoms with E-state index >= 15 is 0 Å². The molecule has 4 aromatic carbocycles. The molecule has 4 heterocycles. The van der Waals surface area contributed by atoms with Crippen LogP contribution in [-0.2, 0) is 0 Å². The van der Waals surface area contributed by atoms with Crippen LogP contribution in [0.15, 0.2) is 110 Å². The summed E-state index contributed by atoms with van der Waals surface area (Å²) >= 11 is 1.70. The van der Waals surface area contributed by atoms with Gasteiger partial charge in [0.25, 0.3) is 0 Å². The molecule has 0 aliphatic heterocycles. The molecule has 4 aromatic heterocycles. The van der Waals surface area contributed by atoms with Crippen LogP contribution in [0.1, 0.15) is 0 Å². The van der Waals surface area contributed by atoms with Gasteiger partial charge in [0, 0.05) is 38.2 Å². The standard InChI is InChI=1S/C31H18N6S/c1-3-9-19(10-4-1)29-34-30(20-11-5-2-6-12-20)36-31(35-29)37-24-14-8-7-13-21(24)22-15-23-26(16-25(22)37)38-27-17-32-18-33-28(23)27/h1-18H. The van der Waals surface area contributed by atoms with Crippen molar-refractivity contribution in [2.24, 2.45) is 0 Å². The fourth-order valence-electron chi connectivity index (χ4n) is 5.09. The highest BCUT2D eigenvalue weighted by Gasteiger charge is 2.19. The molecule has 0 amide bonds. The van der Waals surface area contributed by atoms with E-state index in [9.17, 15) is 0 Å². The Kier molecular flexibility index (Phi) is 4.59. The molecule has 0 spiro atoms. The molecule has 0 bridgehead atoms. The number of rotatable bonds is 3. The summed E-state index contributed by atoms with van der Waals surface area (Å²) in [5, 5.41) is 3.41. The van der Waals surface area contributed by atoms with Crippen molar-refractivity contribution in [3.8, 4) is 28.7 Å². The van der Waals surface area contributed by atoms with E-state index in [4.69, 9.17) is 15.0 Å². The summed E-state index contributed by atoms with van der Waals surface area (Å²) < 4.78 is 4.38. The quantitative estimate of drug-likeness (QED) is 0.249. The maximum absolute atomic E-state index is 5.02. The Labute approximate surface area is 220 Å². The lowest BCUT2D eigenvalue weighted by Crippen LogP contribution is -2.06. The minimum atomic E-state index is 0.587. The summed E-state index contributed by atoms with van der Waals surface area (Å²) in [5.74, 6) is 1.86. The highest BCUT2D eigenvalue weighted by atomic mass is 32.1. The molecule has 0 saturated heterocycles. The van der Waals surface area contributed by atoms with Crippen molar-refractivity contribution in [1.82, 2.24) is 29.5 Å². The fraction of sp³-hybridized carbons (Fsp3) is 0. The molecule has 178 valence electrons. The summed E-state index contributed by atoms with van der Waals surface area (Å²) in [5.41, 5.74) is 4.96. The van der Waals surface area contributed by atoms with E-state index in [1.807, 2.05) is 66.9 Å². The summed E-state index contributed by atoms with van der Waals surface area (Å²) in [7, 11) is 0. The van der Waals surface area contributed by atoms with Crippen molar-refractivity contribution in [2.75, 3.05) is 0 Å². The Balaban J connectivity index is 1.48. The van der Waals surface area contributed by atoms with Crippen molar-refractivity contribution < 1.29 is 0 Å². The third-order valence-electron chi connectivity index (χ3n) is 6.82. The average Bonchev–Trinajstić information content (AvgIpc) is 3.51. The first-order valence-electron chi connectivity index (χ1n) is 12.3. The van der Waals surface area contributed by atoms with Gasteiger partial charge >= 0.3 is 0 Å². The Morgan fingerprint density at radius 1 is 0.579 bits per heavy atom. The second-order valence-electron chi connectivity index (χ2n) is 9.07. The van der Waals surface area contributed by atoms with Gasteiger partial charge in [0.1, 0.15) is 6.33 Å². The molecule has 0 unspecified atom stereocenters. The molecule has 0 N–H and O–H groups in total. The zero-order valence-corrected chi connectivity index (χ0v) is 20.8. The molecule has 0 aliphatic carbocycles. The fourth-order valence-corrected chi connectivity index (χ4v) is 6.14. The van der Waals surface area contributed by atoms with Crippen molar-refractivity contribution in [2.45, 2.75) is 0 Å². The predicted molar refractivity (Wildman–Crippen MR) is 154 cm³/mol. The summed E-state index contributed by atoms with van der Waals surface area (Å²) in [6, 6.07) is 33.0. The molecular weight excluding hydrogens is 488 g/mol. The van der Waals surface area contributed by atoms with E-state index in [-0.39, 0.29) is 0 Å². The van der Waals surface area contributed by atoms with E-state index in [1.165, 1.54) is 0 Å². The Bertz CT molecular complexity index is 2070. The second kappa shape index (κ2) is 8.26. The van der Waals surface area contributed by atoms with Gasteiger partial charge in [-0.05, 0) is 18.2 Å². The van der Waals surface area contributed by atoms with Crippen molar-refractivity contribution in [1.29, 1.82) is 0 Å². The predicted octanol–water partition coefficient (Wildman–Crippen LogP) is 7.46. The summed E-state index contributed by atoms with van der Waals surface area (Å²) in [4.78, 5) is 23.7. The van der Waals surface area contributed by atoms with Crippen LogP contribution in [0.25, 0.3) is 70.8 Å². The van der Waals surface area contributed by atoms with Gasteiger partial charge in [-0.1, -0.05) is 78.9 Å². The smallest absolute Gasteiger partial charge is 0.238 e. The molecule has 38 heavy (non-hydrogen) atoms. The van der Waals surface area contributed by atoms with Crippen LogP contribution in [0.4, 0.5) is 0 Å². The molecule has 6 nitrogen and oxygen atoms in total.